The van der Waals surface area contributed by atoms with Gasteiger partial charge in [0, 0.05) is 62.0 Å². The summed E-state index contributed by atoms with van der Waals surface area (Å²) in [6, 6.07) is 10.4. The number of hydrogen-bond acceptors (Lipinski definition) is 6. The van der Waals surface area contributed by atoms with Gasteiger partial charge in [-0.25, -0.2) is 14.4 Å². The van der Waals surface area contributed by atoms with Gasteiger partial charge in [0.05, 0.1) is 5.39 Å². The van der Waals surface area contributed by atoms with E-state index in [0.717, 1.165) is 0 Å². The highest BCUT2D eigenvalue weighted by atomic mass is 19.1. The molecule has 1 amide bonds. The second kappa shape index (κ2) is 9.07. The summed E-state index contributed by atoms with van der Waals surface area (Å²) in [7, 11) is 1.70. The Hall–Kier alpha value is -4.26. The molecule has 0 aliphatic carbocycles. The molecule has 0 N–H and O–H groups in total. The second-order valence-corrected chi connectivity index (χ2v) is 9.39. The van der Waals surface area contributed by atoms with E-state index >= 15 is 4.39 Å². The quantitative estimate of drug-likeness (QED) is 0.438. The van der Waals surface area contributed by atoms with Gasteiger partial charge in [0.25, 0.3) is 0 Å². The molecule has 0 spiro atoms. The highest BCUT2D eigenvalue weighted by Gasteiger charge is 2.31. The van der Waals surface area contributed by atoms with Crippen molar-refractivity contribution in [1.82, 2.24) is 29.2 Å². The SMILES string of the molecule is CC(C)C(=O)N1CCN(c2ncnc3c2c(-c2ccccc2F)cn3-c2cc(C#N)n(C)n2)[C@@H](C)C1. The average Bonchev–Trinajstić information content (AvgIpc) is 3.44. The minimum atomic E-state index is -0.356. The number of hydrogen-bond donors (Lipinski definition) is 0. The van der Waals surface area contributed by atoms with Gasteiger partial charge in [-0.2, -0.15) is 10.4 Å². The lowest BCUT2D eigenvalue weighted by atomic mass is 10.0. The molecule has 1 fully saturated rings. The molecule has 1 aliphatic rings. The van der Waals surface area contributed by atoms with E-state index in [-0.39, 0.29) is 23.7 Å². The van der Waals surface area contributed by atoms with Crippen molar-refractivity contribution < 1.29 is 9.18 Å². The summed E-state index contributed by atoms with van der Waals surface area (Å²) in [4.78, 5) is 25.8. The molecule has 0 bridgehead atoms. The standard InChI is InChI=1S/C26H27FN8O/c1-16(2)26(36)33-9-10-34(17(3)13-33)24-23-20(19-7-5-6-8-21(19)27)14-35(25(23)30-15-29-24)22-11-18(12-28)32(4)31-22/h5-8,11,14-17H,9-10,13H2,1-4H3/t17-/m0/s1. The predicted octanol–water partition coefficient (Wildman–Crippen LogP) is 3.52. The Bertz CT molecular complexity index is 1500. The van der Waals surface area contributed by atoms with E-state index in [1.165, 1.54) is 17.1 Å². The van der Waals surface area contributed by atoms with Gasteiger partial charge in [-0.1, -0.05) is 32.0 Å². The van der Waals surface area contributed by atoms with Crippen LogP contribution in [0.2, 0.25) is 0 Å². The first-order chi connectivity index (χ1) is 17.3. The Morgan fingerprint density at radius 2 is 1.97 bits per heavy atom. The molecule has 36 heavy (non-hydrogen) atoms. The fraction of sp³-hybridized carbons (Fsp3) is 0.346. The minimum Gasteiger partial charge on any atom is -0.350 e. The molecule has 5 rings (SSSR count). The molecule has 10 heteroatoms. The molecular weight excluding hydrogens is 459 g/mol. The topological polar surface area (TPSA) is 95.9 Å². The van der Waals surface area contributed by atoms with E-state index < -0.39 is 0 Å². The Labute approximate surface area is 208 Å². The van der Waals surface area contributed by atoms with Gasteiger partial charge in [-0.15, -0.1) is 0 Å². The number of piperazine rings is 1. The molecule has 9 nitrogen and oxygen atoms in total. The largest absolute Gasteiger partial charge is 0.350 e. The molecular formula is C26H27FN8O. The van der Waals surface area contributed by atoms with Crippen LogP contribution in [-0.4, -0.2) is 60.8 Å². The summed E-state index contributed by atoms with van der Waals surface area (Å²) in [5, 5.41) is 14.6. The number of anilines is 1. The maximum atomic E-state index is 15.0. The molecule has 4 aromatic rings. The van der Waals surface area contributed by atoms with Gasteiger partial charge in [-0.05, 0) is 13.0 Å². The molecule has 1 aliphatic heterocycles. The van der Waals surface area contributed by atoms with E-state index in [1.807, 2.05) is 18.7 Å². The van der Waals surface area contributed by atoms with Gasteiger partial charge in [-0.3, -0.25) is 14.0 Å². The van der Waals surface area contributed by atoms with Crippen LogP contribution in [0, 0.1) is 23.1 Å². The highest BCUT2D eigenvalue weighted by molar-refractivity contribution is 6.02. The molecule has 1 saturated heterocycles. The van der Waals surface area contributed by atoms with Gasteiger partial charge < -0.3 is 9.80 Å². The zero-order chi connectivity index (χ0) is 25.6. The number of benzene rings is 1. The first-order valence-electron chi connectivity index (χ1n) is 11.9. The normalized spacial score (nSPS) is 16.1. The third-order valence-electron chi connectivity index (χ3n) is 6.66. The van der Waals surface area contributed by atoms with Crippen LogP contribution in [0.15, 0.2) is 42.9 Å². The number of nitriles is 1. The summed E-state index contributed by atoms with van der Waals surface area (Å²) in [6.07, 6.45) is 3.29. The smallest absolute Gasteiger partial charge is 0.225 e. The van der Waals surface area contributed by atoms with Gasteiger partial charge in [0.1, 0.15) is 29.7 Å². The van der Waals surface area contributed by atoms with Crippen LogP contribution in [-0.2, 0) is 11.8 Å². The van der Waals surface area contributed by atoms with Crippen molar-refractivity contribution in [3.63, 3.8) is 0 Å². The van der Waals surface area contributed by atoms with E-state index in [0.29, 0.717) is 59.1 Å². The Balaban J connectivity index is 1.68. The molecule has 184 valence electrons. The van der Waals surface area contributed by atoms with Crippen molar-refractivity contribution in [2.75, 3.05) is 24.5 Å². The fourth-order valence-corrected chi connectivity index (χ4v) is 4.83. The Morgan fingerprint density at radius 1 is 1.19 bits per heavy atom. The second-order valence-electron chi connectivity index (χ2n) is 9.39. The van der Waals surface area contributed by atoms with Gasteiger partial charge in [0.15, 0.2) is 11.5 Å². The van der Waals surface area contributed by atoms with Crippen LogP contribution in [0.4, 0.5) is 10.2 Å². The summed E-state index contributed by atoms with van der Waals surface area (Å²) >= 11 is 0. The van der Waals surface area contributed by atoms with Crippen molar-refractivity contribution >= 4 is 22.8 Å². The summed E-state index contributed by atoms with van der Waals surface area (Å²) in [5.41, 5.74) is 2.02. The Kier molecular flexibility index (Phi) is 5.92. The van der Waals surface area contributed by atoms with Crippen molar-refractivity contribution in [2.45, 2.75) is 26.8 Å². The molecule has 3 aromatic heterocycles. The Morgan fingerprint density at radius 3 is 2.64 bits per heavy atom. The maximum absolute atomic E-state index is 15.0. The van der Waals surface area contributed by atoms with E-state index in [2.05, 4.69) is 33.0 Å². The van der Waals surface area contributed by atoms with E-state index in [9.17, 15) is 10.1 Å². The molecule has 0 radical (unpaired) electrons. The number of aryl methyl sites for hydroxylation is 1. The van der Waals surface area contributed by atoms with Crippen LogP contribution >= 0.6 is 0 Å². The molecule has 4 heterocycles. The number of amides is 1. The van der Waals surface area contributed by atoms with Gasteiger partial charge >= 0.3 is 0 Å². The number of aromatic nitrogens is 5. The minimum absolute atomic E-state index is 0.00332. The maximum Gasteiger partial charge on any atom is 0.225 e. The van der Waals surface area contributed by atoms with Crippen molar-refractivity contribution in [2.24, 2.45) is 13.0 Å². The third-order valence-corrected chi connectivity index (χ3v) is 6.66. The number of carbonyl (C=O) groups excluding carboxylic acids is 1. The zero-order valence-corrected chi connectivity index (χ0v) is 20.7. The molecule has 0 unspecified atom stereocenters. The van der Waals surface area contributed by atoms with Crippen molar-refractivity contribution in [1.29, 1.82) is 5.26 Å². The molecule has 1 aromatic carbocycles. The number of fused-ring (bicyclic) bond motifs is 1. The molecule has 1 atom stereocenters. The number of rotatable bonds is 4. The lowest BCUT2D eigenvalue weighted by Crippen LogP contribution is -2.54. The predicted molar refractivity (Wildman–Crippen MR) is 134 cm³/mol. The van der Waals surface area contributed by atoms with Crippen LogP contribution < -0.4 is 4.90 Å². The number of nitrogens with zero attached hydrogens (tertiary/aromatic N) is 8. The lowest BCUT2D eigenvalue weighted by Gasteiger charge is -2.41. The first kappa shape index (κ1) is 23.5. The number of halogens is 1. The third kappa shape index (κ3) is 3.86. The fourth-order valence-electron chi connectivity index (χ4n) is 4.83. The van der Waals surface area contributed by atoms with Crippen LogP contribution in [0.3, 0.4) is 0 Å². The zero-order valence-electron chi connectivity index (χ0n) is 20.7. The van der Waals surface area contributed by atoms with E-state index in [1.54, 1.807) is 42.1 Å². The van der Waals surface area contributed by atoms with Crippen molar-refractivity contribution in [3.8, 4) is 23.0 Å². The lowest BCUT2D eigenvalue weighted by molar-refractivity contribution is -0.135. The average molecular weight is 487 g/mol. The monoisotopic (exact) mass is 486 g/mol. The summed E-state index contributed by atoms with van der Waals surface area (Å²) in [6.45, 7) is 7.62. The highest BCUT2D eigenvalue weighted by Crippen LogP contribution is 2.38. The summed E-state index contributed by atoms with van der Waals surface area (Å²) in [5.74, 6) is 0.901. The van der Waals surface area contributed by atoms with Crippen LogP contribution in [0.1, 0.15) is 26.5 Å². The van der Waals surface area contributed by atoms with Crippen LogP contribution in [0.25, 0.3) is 28.0 Å². The van der Waals surface area contributed by atoms with Crippen LogP contribution in [0.5, 0.6) is 0 Å². The van der Waals surface area contributed by atoms with Crippen molar-refractivity contribution in [3.05, 3.63) is 54.4 Å². The number of carbonyl (C=O) groups is 1. The first-order valence-corrected chi connectivity index (χ1v) is 11.9. The van der Waals surface area contributed by atoms with Gasteiger partial charge in [0.2, 0.25) is 5.91 Å². The summed E-state index contributed by atoms with van der Waals surface area (Å²) < 4.78 is 18.3. The molecule has 0 saturated carbocycles. The van der Waals surface area contributed by atoms with E-state index in [4.69, 9.17) is 0 Å².